The number of nitrogens with zero attached hydrogens (tertiary/aromatic N) is 1. The summed E-state index contributed by atoms with van der Waals surface area (Å²) < 4.78 is 15.9. The van der Waals surface area contributed by atoms with Gasteiger partial charge in [0.2, 0.25) is 5.56 Å². The van der Waals surface area contributed by atoms with Gasteiger partial charge in [-0.3, -0.25) is 4.79 Å². The summed E-state index contributed by atoms with van der Waals surface area (Å²) in [6, 6.07) is 9.12. The second-order valence-electron chi connectivity index (χ2n) is 3.66. The van der Waals surface area contributed by atoms with Crippen molar-refractivity contribution in [2.75, 3.05) is 0 Å². The van der Waals surface area contributed by atoms with Gasteiger partial charge in [0.05, 0.1) is 0 Å². The maximum absolute atomic E-state index is 13.1. The molecular weight excluding hydrogens is 501 g/mol. The monoisotopic (exact) mass is 509 g/mol. The van der Waals surface area contributed by atoms with Crippen molar-refractivity contribution in [3.8, 4) is 11.3 Å². The molecule has 2 rings (SSSR count). The van der Waals surface area contributed by atoms with Gasteiger partial charge in [-0.05, 0) is 27.1 Å². The topological polar surface area (TPSA) is 22.0 Å². The minimum absolute atomic E-state index is 0. The van der Waals surface area contributed by atoms with Gasteiger partial charge in [-0.1, -0.05) is 27.2 Å². The SMILES string of the molecule is CCn1c(-c2ccc(F)cc2Br)[c-]cc(I)c1=O.[Y]. The summed E-state index contributed by atoms with van der Waals surface area (Å²) in [7, 11) is 0. The fourth-order valence-electron chi connectivity index (χ4n) is 1.71. The minimum Gasteiger partial charge on any atom is -0.342 e. The predicted octanol–water partition coefficient (Wildman–Crippen LogP) is 3.84. The van der Waals surface area contributed by atoms with Gasteiger partial charge in [0.15, 0.2) is 0 Å². The van der Waals surface area contributed by atoms with Gasteiger partial charge in [-0.25, -0.2) is 4.39 Å². The van der Waals surface area contributed by atoms with Gasteiger partial charge in [0, 0.05) is 39.3 Å². The Bertz CT molecular complexity index is 660. The Hall–Kier alpha value is 0.414. The molecule has 6 heteroatoms. The average Bonchev–Trinajstić information content (AvgIpc) is 2.33. The molecule has 1 heterocycles. The van der Waals surface area contributed by atoms with Crippen LogP contribution in [0.1, 0.15) is 6.92 Å². The third kappa shape index (κ3) is 3.74. The molecule has 0 aliphatic rings. The van der Waals surface area contributed by atoms with Crippen molar-refractivity contribution in [1.82, 2.24) is 4.57 Å². The first-order valence-electron chi connectivity index (χ1n) is 5.31. The summed E-state index contributed by atoms with van der Waals surface area (Å²) in [5, 5.41) is 0. The maximum atomic E-state index is 13.1. The van der Waals surface area contributed by atoms with Crippen LogP contribution in [0.15, 0.2) is 33.5 Å². The Morgan fingerprint density at radius 1 is 1.47 bits per heavy atom. The molecule has 0 N–H and O–H groups in total. The Balaban J connectivity index is 0.00000180. The fourth-order valence-corrected chi connectivity index (χ4v) is 2.69. The molecule has 1 aromatic heterocycles. The Morgan fingerprint density at radius 2 is 2.16 bits per heavy atom. The zero-order valence-electron chi connectivity index (χ0n) is 10.1. The molecule has 1 aromatic carbocycles. The van der Waals surface area contributed by atoms with E-state index in [4.69, 9.17) is 0 Å². The molecular formula is C13H9BrFINOY-. The quantitative estimate of drug-likeness (QED) is 0.445. The van der Waals surface area contributed by atoms with Crippen LogP contribution in [-0.4, -0.2) is 4.57 Å². The van der Waals surface area contributed by atoms with Crippen LogP contribution in [-0.2, 0) is 39.3 Å². The third-order valence-electron chi connectivity index (χ3n) is 2.56. The van der Waals surface area contributed by atoms with E-state index in [1.807, 2.05) is 29.5 Å². The number of benzene rings is 1. The average molecular weight is 510 g/mol. The normalized spacial score (nSPS) is 10.1. The van der Waals surface area contributed by atoms with Crippen LogP contribution in [0.4, 0.5) is 4.39 Å². The number of hydrogen-bond donors (Lipinski definition) is 0. The van der Waals surface area contributed by atoms with Crippen molar-refractivity contribution < 1.29 is 37.1 Å². The first-order valence-corrected chi connectivity index (χ1v) is 7.18. The molecule has 0 saturated carbocycles. The summed E-state index contributed by atoms with van der Waals surface area (Å²) in [5.74, 6) is -0.318. The van der Waals surface area contributed by atoms with Crippen molar-refractivity contribution >= 4 is 38.5 Å². The molecule has 0 aliphatic heterocycles. The molecule has 0 bridgehead atoms. The summed E-state index contributed by atoms with van der Waals surface area (Å²) in [4.78, 5) is 12.0. The molecule has 0 unspecified atom stereocenters. The number of rotatable bonds is 2. The zero-order valence-corrected chi connectivity index (χ0v) is 16.7. The second kappa shape index (κ2) is 7.43. The Morgan fingerprint density at radius 3 is 2.74 bits per heavy atom. The minimum atomic E-state index is -0.318. The van der Waals surface area contributed by atoms with Crippen LogP contribution in [0.5, 0.6) is 0 Å². The zero-order chi connectivity index (χ0) is 13.3. The standard InChI is InChI=1S/C13H9BrFINO.Y/c1-2-17-12(6-5-11(16)13(17)18)9-4-3-8(15)7-10(9)14;/h3-5,7H,2H2,1H3;/q-1;. The van der Waals surface area contributed by atoms with Crippen molar-refractivity contribution in [3.63, 3.8) is 0 Å². The Kier molecular flexibility index (Phi) is 6.83. The van der Waals surface area contributed by atoms with Gasteiger partial charge in [-0.15, -0.1) is 28.7 Å². The number of aromatic nitrogens is 1. The molecule has 1 radical (unpaired) electrons. The van der Waals surface area contributed by atoms with Gasteiger partial charge >= 0.3 is 0 Å². The Labute approximate surface area is 157 Å². The van der Waals surface area contributed by atoms with E-state index in [1.54, 1.807) is 16.7 Å². The third-order valence-corrected chi connectivity index (χ3v) is 3.99. The van der Waals surface area contributed by atoms with Crippen molar-refractivity contribution in [3.05, 3.63) is 54.5 Å². The van der Waals surface area contributed by atoms with Gasteiger partial charge < -0.3 is 4.57 Å². The number of halogens is 3. The van der Waals surface area contributed by atoms with E-state index in [-0.39, 0.29) is 44.1 Å². The van der Waals surface area contributed by atoms with E-state index < -0.39 is 0 Å². The fraction of sp³-hybridized carbons (Fsp3) is 0.154. The molecule has 97 valence electrons. The van der Waals surface area contributed by atoms with Crippen LogP contribution in [0, 0.1) is 15.5 Å². The second-order valence-corrected chi connectivity index (χ2v) is 5.68. The van der Waals surface area contributed by atoms with Crippen LogP contribution >= 0.6 is 38.5 Å². The summed E-state index contributed by atoms with van der Waals surface area (Å²) in [6.07, 6.45) is 0. The van der Waals surface area contributed by atoms with E-state index in [2.05, 4.69) is 22.0 Å². The van der Waals surface area contributed by atoms with E-state index in [9.17, 15) is 9.18 Å². The summed E-state index contributed by atoms with van der Waals surface area (Å²) >= 11 is 5.30. The molecule has 0 aliphatic carbocycles. The van der Waals surface area contributed by atoms with Crippen LogP contribution in [0.25, 0.3) is 11.3 Å². The molecule has 0 amide bonds. The first kappa shape index (κ1) is 17.5. The molecule has 0 saturated heterocycles. The molecule has 0 spiro atoms. The van der Waals surface area contributed by atoms with Gasteiger partial charge in [0.1, 0.15) is 5.82 Å². The summed E-state index contributed by atoms with van der Waals surface area (Å²) in [5.41, 5.74) is 1.37. The molecule has 0 fully saturated rings. The van der Waals surface area contributed by atoms with Crippen LogP contribution in [0.3, 0.4) is 0 Å². The summed E-state index contributed by atoms with van der Waals surface area (Å²) in [6.45, 7) is 2.44. The number of pyridine rings is 1. The largest absolute Gasteiger partial charge is 0.342 e. The van der Waals surface area contributed by atoms with E-state index in [0.29, 0.717) is 20.3 Å². The van der Waals surface area contributed by atoms with E-state index in [0.717, 1.165) is 5.56 Å². The smallest absolute Gasteiger partial charge is 0.207 e. The van der Waals surface area contributed by atoms with Crippen LogP contribution < -0.4 is 5.56 Å². The van der Waals surface area contributed by atoms with E-state index >= 15 is 0 Å². The molecule has 2 aromatic rings. The van der Waals surface area contributed by atoms with E-state index in [1.165, 1.54) is 12.1 Å². The van der Waals surface area contributed by atoms with Crippen molar-refractivity contribution in [1.29, 1.82) is 0 Å². The van der Waals surface area contributed by atoms with Crippen LogP contribution in [0.2, 0.25) is 0 Å². The van der Waals surface area contributed by atoms with Gasteiger partial charge in [-0.2, -0.15) is 12.1 Å². The van der Waals surface area contributed by atoms with Crippen molar-refractivity contribution in [2.45, 2.75) is 13.5 Å². The maximum Gasteiger partial charge on any atom is 0.207 e. The molecule has 19 heavy (non-hydrogen) atoms. The van der Waals surface area contributed by atoms with Gasteiger partial charge in [0.25, 0.3) is 0 Å². The van der Waals surface area contributed by atoms with Crippen molar-refractivity contribution in [2.24, 2.45) is 0 Å². The molecule has 0 atom stereocenters. The first-order chi connectivity index (χ1) is 8.54. The molecule has 2 nitrogen and oxygen atoms in total. The predicted molar refractivity (Wildman–Crippen MR) is 81.0 cm³/mol. The number of hydrogen-bond acceptors (Lipinski definition) is 1.